The van der Waals surface area contributed by atoms with E-state index < -0.39 is 23.9 Å². The van der Waals surface area contributed by atoms with Gasteiger partial charge in [-0.2, -0.15) is 0 Å². The third-order valence-electron chi connectivity index (χ3n) is 6.52. The van der Waals surface area contributed by atoms with Gasteiger partial charge in [0.2, 0.25) is 5.91 Å². The number of hydrogen-bond donors (Lipinski definition) is 5. The van der Waals surface area contributed by atoms with Gasteiger partial charge in [0.1, 0.15) is 17.5 Å². The molecule has 0 aliphatic carbocycles. The van der Waals surface area contributed by atoms with E-state index in [0.29, 0.717) is 30.2 Å². The standard InChI is InChI=1S/C28H30ClFN6O4/c1-15(37)17-9-11-20(29)24(30)18(17)10-12-23(38)34-21-6-4-3-5-13-32-22-14-16(33-28(39)40-2)7-8-19(22)25-26(31)36-27(21)35-25/h7-12,14,21,32H,3-6,13,31H2,1-2H3,(H,33,39)(H,34,38)(H,35,36)/b12-10+/t21-/m0/s1. The molecule has 3 aromatic rings. The fourth-order valence-electron chi connectivity index (χ4n) is 4.50. The number of Topliss-reactive ketones (excluding diaryl/α,β-unsaturated/α-hetero) is 1. The number of aromatic amines is 1. The van der Waals surface area contributed by atoms with Crippen LogP contribution in [0, 0.1) is 5.82 Å². The molecular formula is C28H30ClFN6O4. The van der Waals surface area contributed by atoms with Crippen LogP contribution in [0.25, 0.3) is 17.3 Å². The Morgan fingerprint density at radius 2 is 2.00 bits per heavy atom. The zero-order valence-electron chi connectivity index (χ0n) is 22.1. The first-order valence-corrected chi connectivity index (χ1v) is 13.1. The third kappa shape index (κ3) is 6.60. The Morgan fingerprint density at radius 3 is 2.75 bits per heavy atom. The molecule has 0 saturated carbocycles. The minimum absolute atomic E-state index is 0.0523. The molecule has 0 spiro atoms. The van der Waals surface area contributed by atoms with Crippen molar-refractivity contribution in [3.8, 4) is 11.3 Å². The topological polar surface area (TPSA) is 151 Å². The number of anilines is 3. The Balaban J connectivity index is 1.62. The number of rotatable bonds is 5. The summed E-state index contributed by atoms with van der Waals surface area (Å²) < 4.78 is 19.3. The Kier molecular flexibility index (Phi) is 9.05. The number of fused-ring (bicyclic) bond motifs is 4. The summed E-state index contributed by atoms with van der Waals surface area (Å²) in [4.78, 5) is 44.3. The van der Waals surface area contributed by atoms with Crippen molar-refractivity contribution in [1.82, 2.24) is 15.3 Å². The van der Waals surface area contributed by atoms with E-state index >= 15 is 0 Å². The molecule has 10 nitrogen and oxygen atoms in total. The first-order chi connectivity index (χ1) is 19.2. The van der Waals surface area contributed by atoms with Gasteiger partial charge in [-0.15, -0.1) is 0 Å². The van der Waals surface area contributed by atoms with Crippen molar-refractivity contribution in [2.45, 2.75) is 38.6 Å². The second kappa shape index (κ2) is 12.6. The maximum Gasteiger partial charge on any atom is 0.411 e. The molecule has 40 heavy (non-hydrogen) atoms. The molecule has 1 aliphatic heterocycles. The Hall–Kier alpha value is -4.38. The van der Waals surface area contributed by atoms with Gasteiger partial charge in [-0.25, -0.2) is 14.2 Å². The van der Waals surface area contributed by atoms with Crippen LogP contribution in [0.3, 0.4) is 0 Å². The van der Waals surface area contributed by atoms with E-state index in [2.05, 4.69) is 30.7 Å². The number of nitrogens with zero attached hydrogens (tertiary/aromatic N) is 1. The molecule has 2 amide bonds. The van der Waals surface area contributed by atoms with Crippen molar-refractivity contribution in [2.75, 3.05) is 30.0 Å². The average molecular weight is 569 g/mol. The number of amides is 2. The van der Waals surface area contributed by atoms with Crippen molar-refractivity contribution in [2.24, 2.45) is 0 Å². The monoisotopic (exact) mass is 568 g/mol. The number of halogens is 2. The van der Waals surface area contributed by atoms with Crippen LogP contribution in [0.1, 0.15) is 60.4 Å². The quantitative estimate of drug-likeness (QED) is 0.196. The summed E-state index contributed by atoms with van der Waals surface area (Å²) >= 11 is 5.89. The van der Waals surface area contributed by atoms with E-state index in [9.17, 15) is 18.8 Å². The van der Waals surface area contributed by atoms with E-state index in [-0.39, 0.29) is 27.8 Å². The van der Waals surface area contributed by atoms with Crippen molar-refractivity contribution in [3.05, 3.63) is 64.2 Å². The lowest BCUT2D eigenvalue weighted by Crippen LogP contribution is -2.28. The lowest BCUT2D eigenvalue weighted by molar-refractivity contribution is -0.117. The van der Waals surface area contributed by atoms with Crippen LogP contribution in [0.4, 0.5) is 26.4 Å². The molecule has 2 heterocycles. The summed E-state index contributed by atoms with van der Waals surface area (Å²) in [5.74, 6) is -0.909. The lowest BCUT2D eigenvalue weighted by atomic mass is 10.0. The van der Waals surface area contributed by atoms with Gasteiger partial charge in [0, 0.05) is 40.7 Å². The van der Waals surface area contributed by atoms with E-state index in [4.69, 9.17) is 17.3 Å². The average Bonchev–Trinajstić information content (AvgIpc) is 3.31. The largest absolute Gasteiger partial charge is 0.453 e. The summed E-state index contributed by atoms with van der Waals surface area (Å²) in [7, 11) is 1.29. The van der Waals surface area contributed by atoms with Gasteiger partial charge in [-0.3, -0.25) is 14.9 Å². The van der Waals surface area contributed by atoms with Crippen LogP contribution in [0.15, 0.2) is 36.4 Å². The van der Waals surface area contributed by atoms with E-state index in [0.717, 1.165) is 30.5 Å². The summed E-state index contributed by atoms with van der Waals surface area (Å²) in [6, 6.07) is 7.53. The number of H-pyrrole nitrogens is 1. The molecule has 1 aliphatic rings. The molecule has 0 saturated heterocycles. The van der Waals surface area contributed by atoms with Crippen molar-refractivity contribution >= 4 is 52.7 Å². The van der Waals surface area contributed by atoms with Crippen molar-refractivity contribution in [3.63, 3.8) is 0 Å². The zero-order valence-corrected chi connectivity index (χ0v) is 22.8. The molecule has 1 atom stereocenters. The SMILES string of the molecule is COC(=O)Nc1ccc2c(c1)NCCCCC[C@H](NC(=O)/C=C/c1c(C(C)=O)ccc(Cl)c1F)c1nc(N)c-2[nH]1. The van der Waals surface area contributed by atoms with Crippen LogP contribution in [-0.2, 0) is 9.53 Å². The van der Waals surface area contributed by atoms with Crippen molar-refractivity contribution < 1.29 is 23.5 Å². The second-order valence-corrected chi connectivity index (χ2v) is 9.72. The molecule has 12 heteroatoms. The highest BCUT2D eigenvalue weighted by Crippen LogP contribution is 2.35. The molecular weight excluding hydrogens is 539 g/mol. The molecule has 0 fully saturated rings. The van der Waals surface area contributed by atoms with Gasteiger partial charge in [-0.1, -0.05) is 24.4 Å². The predicted octanol–water partition coefficient (Wildman–Crippen LogP) is 5.69. The minimum Gasteiger partial charge on any atom is -0.453 e. The number of imidazole rings is 1. The molecule has 2 aromatic carbocycles. The van der Waals surface area contributed by atoms with E-state index in [1.54, 1.807) is 18.2 Å². The number of ketones is 1. The zero-order chi connectivity index (χ0) is 28.8. The first kappa shape index (κ1) is 28.6. The van der Waals surface area contributed by atoms with Crippen LogP contribution < -0.4 is 21.7 Å². The lowest BCUT2D eigenvalue weighted by Gasteiger charge is -2.18. The summed E-state index contributed by atoms with van der Waals surface area (Å²) in [5.41, 5.74) is 8.95. The third-order valence-corrected chi connectivity index (χ3v) is 6.81. The summed E-state index contributed by atoms with van der Waals surface area (Å²) in [5, 5.41) is 8.81. The number of nitrogen functional groups attached to an aromatic ring is 1. The van der Waals surface area contributed by atoms with Crippen LogP contribution in [0.2, 0.25) is 5.02 Å². The smallest absolute Gasteiger partial charge is 0.411 e. The number of nitrogens with two attached hydrogens (primary N) is 1. The number of hydrogen-bond acceptors (Lipinski definition) is 7. The molecule has 1 aromatic heterocycles. The van der Waals surface area contributed by atoms with Gasteiger partial charge >= 0.3 is 6.09 Å². The number of carbonyl (C=O) groups excluding carboxylic acids is 3. The normalized spacial score (nSPS) is 15.2. The summed E-state index contributed by atoms with van der Waals surface area (Å²) in [6.45, 7) is 1.99. The predicted molar refractivity (Wildman–Crippen MR) is 153 cm³/mol. The fourth-order valence-corrected chi connectivity index (χ4v) is 4.66. The molecule has 0 unspecified atom stereocenters. The maximum absolute atomic E-state index is 14.6. The number of aromatic nitrogens is 2. The molecule has 6 N–H and O–H groups in total. The number of benzene rings is 2. The van der Waals surface area contributed by atoms with Gasteiger partial charge < -0.3 is 26.1 Å². The summed E-state index contributed by atoms with van der Waals surface area (Å²) in [6.07, 6.45) is 4.95. The number of nitrogens with one attached hydrogen (secondary N) is 4. The Morgan fingerprint density at radius 1 is 1.20 bits per heavy atom. The molecule has 4 rings (SSSR count). The van der Waals surface area contributed by atoms with Gasteiger partial charge in [0.05, 0.1) is 23.9 Å². The number of ether oxygens (including phenoxy) is 1. The van der Waals surface area contributed by atoms with Crippen LogP contribution in [-0.4, -0.2) is 41.4 Å². The van der Waals surface area contributed by atoms with Crippen LogP contribution in [0.5, 0.6) is 0 Å². The molecule has 2 bridgehead atoms. The van der Waals surface area contributed by atoms with E-state index in [1.807, 2.05) is 0 Å². The number of carbonyl (C=O) groups is 3. The van der Waals surface area contributed by atoms with Crippen LogP contribution >= 0.6 is 11.6 Å². The minimum atomic E-state index is -0.773. The Bertz CT molecular complexity index is 1470. The highest BCUT2D eigenvalue weighted by molar-refractivity contribution is 6.31. The first-order valence-electron chi connectivity index (χ1n) is 12.7. The van der Waals surface area contributed by atoms with Crippen molar-refractivity contribution in [1.29, 1.82) is 0 Å². The molecule has 0 radical (unpaired) electrons. The second-order valence-electron chi connectivity index (χ2n) is 9.31. The molecule has 210 valence electrons. The van der Waals surface area contributed by atoms with Gasteiger partial charge in [-0.05, 0) is 56.2 Å². The highest BCUT2D eigenvalue weighted by atomic mass is 35.5. The van der Waals surface area contributed by atoms with Gasteiger partial charge in [0.25, 0.3) is 0 Å². The maximum atomic E-state index is 14.6. The highest BCUT2D eigenvalue weighted by Gasteiger charge is 2.22. The number of methoxy groups -OCH3 is 1. The Labute approximate surface area is 235 Å². The fraction of sp³-hybridized carbons (Fsp3) is 0.286. The van der Waals surface area contributed by atoms with Gasteiger partial charge in [0.15, 0.2) is 5.78 Å². The van der Waals surface area contributed by atoms with E-state index in [1.165, 1.54) is 38.3 Å².